The first-order valence-corrected chi connectivity index (χ1v) is 8.76. The molecule has 2 aromatic rings. The summed E-state index contributed by atoms with van der Waals surface area (Å²) in [7, 11) is 0. The van der Waals surface area contributed by atoms with E-state index in [2.05, 4.69) is 35.8 Å². The molecule has 4 rings (SSSR count). The molecule has 1 amide bonds. The zero-order valence-corrected chi connectivity index (χ0v) is 14.4. The monoisotopic (exact) mass is 343 g/mol. The van der Waals surface area contributed by atoms with Crippen LogP contribution in [0.2, 0.25) is 0 Å². The zero-order valence-electron chi connectivity index (χ0n) is 14.4. The highest BCUT2D eigenvalue weighted by Crippen LogP contribution is 2.33. The first-order chi connectivity index (χ1) is 12.7. The summed E-state index contributed by atoms with van der Waals surface area (Å²) in [6.45, 7) is 0. The molecule has 1 aliphatic carbocycles. The lowest BCUT2D eigenvalue weighted by Crippen LogP contribution is -2.49. The van der Waals surface area contributed by atoms with Crippen molar-refractivity contribution >= 4 is 11.5 Å². The molecule has 26 heavy (non-hydrogen) atoms. The van der Waals surface area contributed by atoms with Crippen LogP contribution in [0, 0.1) is 0 Å². The minimum atomic E-state index is -0.444. The molecule has 0 bridgehead atoms. The maximum absolute atomic E-state index is 12.1. The van der Waals surface area contributed by atoms with E-state index in [0.717, 1.165) is 22.3 Å². The van der Waals surface area contributed by atoms with Gasteiger partial charge < -0.3 is 10.7 Å². The molecule has 1 aliphatic heterocycles. The second-order valence-electron chi connectivity index (χ2n) is 6.54. The average molecular weight is 343 g/mol. The van der Waals surface area contributed by atoms with Gasteiger partial charge in [-0.2, -0.15) is 0 Å². The molecule has 2 aliphatic rings. The van der Waals surface area contributed by atoms with E-state index in [0.29, 0.717) is 6.42 Å². The van der Waals surface area contributed by atoms with E-state index in [-0.39, 0.29) is 11.9 Å². The topological polar surface area (TPSA) is 58.4 Å². The Hall–Kier alpha value is -3.11. The summed E-state index contributed by atoms with van der Waals surface area (Å²) in [4.78, 5) is 12.1. The number of hydrogen-bond donors (Lipinski definition) is 2. The SMILES string of the molecule is NC(=O)C(Cc1ccccc1)N1C=C2C(c3ccccc3)=CC=CC2N1. The van der Waals surface area contributed by atoms with Crippen molar-refractivity contribution in [2.45, 2.75) is 18.5 Å². The summed E-state index contributed by atoms with van der Waals surface area (Å²) in [5.41, 5.74) is 13.7. The van der Waals surface area contributed by atoms with Crippen molar-refractivity contribution in [3.63, 3.8) is 0 Å². The Morgan fingerprint density at radius 2 is 1.77 bits per heavy atom. The molecule has 0 spiro atoms. The van der Waals surface area contributed by atoms with Crippen LogP contribution in [0.1, 0.15) is 11.1 Å². The molecule has 4 nitrogen and oxygen atoms in total. The number of rotatable bonds is 5. The molecular formula is C22H21N3O. The molecule has 0 saturated heterocycles. The van der Waals surface area contributed by atoms with Crippen LogP contribution in [0.3, 0.4) is 0 Å². The number of nitrogens with two attached hydrogens (primary N) is 1. The highest BCUT2D eigenvalue weighted by Gasteiger charge is 2.32. The predicted molar refractivity (Wildman–Crippen MR) is 104 cm³/mol. The van der Waals surface area contributed by atoms with Crippen molar-refractivity contribution in [2.24, 2.45) is 5.73 Å². The minimum absolute atomic E-state index is 0.0489. The smallest absolute Gasteiger partial charge is 0.242 e. The number of carbonyl (C=O) groups is 1. The number of hydrazine groups is 1. The van der Waals surface area contributed by atoms with Gasteiger partial charge in [-0.3, -0.25) is 4.79 Å². The van der Waals surface area contributed by atoms with Gasteiger partial charge in [0.15, 0.2) is 0 Å². The molecular weight excluding hydrogens is 322 g/mol. The van der Waals surface area contributed by atoms with Gasteiger partial charge in [-0.25, -0.2) is 5.43 Å². The molecule has 130 valence electrons. The van der Waals surface area contributed by atoms with Crippen LogP contribution in [0.5, 0.6) is 0 Å². The van der Waals surface area contributed by atoms with Gasteiger partial charge in [0, 0.05) is 12.6 Å². The van der Waals surface area contributed by atoms with Gasteiger partial charge in [0.05, 0.1) is 6.04 Å². The summed E-state index contributed by atoms with van der Waals surface area (Å²) < 4.78 is 0. The standard InChI is InChI=1S/C22H21N3O/c23-22(26)21(14-16-8-3-1-4-9-16)25-15-19-18(12-7-13-20(19)24-25)17-10-5-2-6-11-17/h1-13,15,20-21,24H,14H2,(H2,23,26). The Morgan fingerprint density at radius 1 is 1.08 bits per heavy atom. The number of fused-ring (bicyclic) bond motifs is 1. The van der Waals surface area contributed by atoms with Crippen molar-refractivity contribution in [3.05, 3.63) is 102 Å². The van der Waals surface area contributed by atoms with Gasteiger partial charge in [0.1, 0.15) is 6.04 Å². The predicted octanol–water partition coefficient (Wildman–Crippen LogP) is 2.81. The molecule has 2 unspecified atom stereocenters. The van der Waals surface area contributed by atoms with Crippen LogP contribution >= 0.6 is 0 Å². The molecule has 2 atom stereocenters. The number of nitrogens with zero attached hydrogens (tertiary/aromatic N) is 1. The molecule has 0 radical (unpaired) electrons. The molecule has 0 fully saturated rings. The second kappa shape index (κ2) is 7.02. The summed E-state index contributed by atoms with van der Waals surface area (Å²) in [6.07, 6.45) is 8.84. The Bertz CT molecular complexity index is 884. The summed E-state index contributed by atoms with van der Waals surface area (Å²) >= 11 is 0. The van der Waals surface area contributed by atoms with Gasteiger partial charge in [-0.15, -0.1) is 0 Å². The maximum Gasteiger partial charge on any atom is 0.242 e. The first kappa shape index (κ1) is 16.4. The Labute approximate surface area is 153 Å². The van der Waals surface area contributed by atoms with E-state index in [9.17, 15) is 4.79 Å². The third-order valence-electron chi connectivity index (χ3n) is 4.80. The van der Waals surface area contributed by atoms with E-state index >= 15 is 0 Å². The molecule has 3 N–H and O–H groups in total. The van der Waals surface area contributed by atoms with Gasteiger partial charge in [-0.1, -0.05) is 78.9 Å². The first-order valence-electron chi connectivity index (χ1n) is 8.76. The molecule has 1 heterocycles. The fraction of sp³-hybridized carbons (Fsp3) is 0.136. The van der Waals surface area contributed by atoms with Gasteiger partial charge in [0.2, 0.25) is 5.91 Å². The van der Waals surface area contributed by atoms with Gasteiger partial charge in [-0.05, 0) is 22.3 Å². The zero-order chi connectivity index (χ0) is 17.9. The van der Waals surface area contributed by atoms with E-state index in [4.69, 9.17) is 5.73 Å². The summed E-state index contributed by atoms with van der Waals surface area (Å²) in [5.74, 6) is -0.342. The van der Waals surface area contributed by atoms with Gasteiger partial charge in [0.25, 0.3) is 0 Å². The molecule has 2 aromatic carbocycles. The number of primary amides is 1. The van der Waals surface area contributed by atoms with Crippen LogP contribution in [-0.2, 0) is 11.2 Å². The second-order valence-corrected chi connectivity index (χ2v) is 6.54. The number of carbonyl (C=O) groups excluding carboxylic acids is 1. The van der Waals surface area contributed by atoms with Crippen molar-refractivity contribution < 1.29 is 4.79 Å². The highest BCUT2D eigenvalue weighted by molar-refractivity contribution is 5.85. The lowest BCUT2D eigenvalue weighted by atomic mass is 9.90. The molecule has 0 saturated carbocycles. The van der Waals surface area contributed by atoms with Crippen LogP contribution in [0.25, 0.3) is 5.57 Å². The lowest BCUT2D eigenvalue weighted by molar-refractivity contribution is -0.123. The number of hydrogen-bond acceptors (Lipinski definition) is 3. The fourth-order valence-electron chi connectivity index (χ4n) is 3.47. The van der Waals surface area contributed by atoms with E-state index in [1.54, 1.807) is 0 Å². The average Bonchev–Trinajstić information content (AvgIpc) is 3.11. The summed E-state index contributed by atoms with van der Waals surface area (Å²) in [6, 6.07) is 19.8. The van der Waals surface area contributed by atoms with Crippen LogP contribution in [0.15, 0.2) is 90.7 Å². The maximum atomic E-state index is 12.1. The Balaban J connectivity index is 1.62. The normalized spacial score (nSPS) is 19.5. The molecule has 0 aromatic heterocycles. The van der Waals surface area contributed by atoms with Crippen molar-refractivity contribution in [1.29, 1.82) is 0 Å². The number of amides is 1. The third kappa shape index (κ3) is 3.19. The number of benzene rings is 2. The fourth-order valence-corrected chi connectivity index (χ4v) is 3.47. The van der Waals surface area contributed by atoms with Crippen LogP contribution in [0.4, 0.5) is 0 Å². The van der Waals surface area contributed by atoms with E-state index in [1.807, 2.05) is 59.7 Å². The Morgan fingerprint density at radius 3 is 2.46 bits per heavy atom. The largest absolute Gasteiger partial charge is 0.368 e. The number of nitrogens with one attached hydrogen (secondary N) is 1. The van der Waals surface area contributed by atoms with E-state index < -0.39 is 6.04 Å². The van der Waals surface area contributed by atoms with Crippen molar-refractivity contribution in [3.8, 4) is 0 Å². The molecule has 4 heteroatoms. The lowest BCUT2D eigenvalue weighted by Gasteiger charge is -2.26. The number of allylic oxidation sites excluding steroid dienone is 2. The third-order valence-corrected chi connectivity index (χ3v) is 4.80. The van der Waals surface area contributed by atoms with Crippen molar-refractivity contribution in [2.75, 3.05) is 0 Å². The van der Waals surface area contributed by atoms with Crippen LogP contribution in [-0.4, -0.2) is 23.0 Å². The van der Waals surface area contributed by atoms with Crippen molar-refractivity contribution in [1.82, 2.24) is 10.4 Å². The van der Waals surface area contributed by atoms with E-state index in [1.165, 1.54) is 0 Å². The Kier molecular flexibility index (Phi) is 4.42. The highest BCUT2D eigenvalue weighted by atomic mass is 16.1. The quantitative estimate of drug-likeness (QED) is 0.878. The van der Waals surface area contributed by atoms with Gasteiger partial charge >= 0.3 is 0 Å². The summed E-state index contributed by atoms with van der Waals surface area (Å²) in [5, 5.41) is 1.86. The van der Waals surface area contributed by atoms with Crippen LogP contribution < -0.4 is 11.2 Å². The minimum Gasteiger partial charge on any atom is -0.368 e.